The van der Waals surface area contributed by atoms with Gasteiger partial charge in [0.05, 0.1) is 0 Å². The van der Waals surface area contributed by atoms with Crippen LogP contribution in [0.1, 0.15) is 67.5 Å². The minimum absolute atomic E-state index is 0.0786. The standard InChI is InChI=1S/C22H32O2/c1-17(9-7-10-18(2)14-16-24-20(4)23)12-13-21-19(3)11-8-15-22(21,5)6/h7,9-10,12-14H,8,11,15-16H2,1-6H3/b10-7+,13-12+,17-9-,18-14-/i3D3,11D2. The van der Waals surface area contributed by atoms with Gasteiger partial charge < -0.3 is 4.74 Å². The zero-order valence-corrected chi connectivity index (χ0v) is 15.4. The Balaban J connectivity index is 3.08. The van der Waals surface area contributed by atoms with E-state index in [0.29, 0.717) is 12.0 Å². The first-order chi connectivity index (χ1) is 13.2. The monoisotopic (exact) mass is 333 g/mol. The lowest BCUT2D eigenvalue weighted by Crippen LogP contribution is -2.19. The van der Waals surface area contributed by atoms with Crippen molar-refractivity contribution in [2.45, 2.75) is 60.7 Å². The summed E-state index contributed by atoms with van der Waals surface area (Å²) in [5.41, 5.74) is 1.94. The minimum atomic E-state index is -2.47. The molecule has 0 atom stereocenters. The molecule has 0 aromatic rings. The third-order valence-electron chi connectivity index (χ3n) is 3.97. The number of carbonyl (C=O) groups is 1. The molecule has 0 amide bonds. The molecular weight excluding hydrogens is 296 g/mol. The predicted molar refractivity (Wildman–Crippen MR) is 103 cm³/mol. The molecule has 1 rings (SSSR count). The highest BCUT2D eigenvalue weighted by molar-refractivity contribution is 5.66. The van der Waals surface area contributed by atoms with Gasteiger partial charge in [-0.3, -0.25) is 4.79 Å². The van der Waals surface area contributed by atoms with E-state index < -0.39 is 18.6 Å². The van der Waals surface area contributed by atoms with Gasteiger partial charge in [-0.15, -0.1) is 0 Å². The van der Waals surface area contributed by atoms with E-state index in [9.17, 15) is 4.79 Å². The van der Waals surface area contributed by atoms with E-state index in [0.717, 1.165) is 11.1 Å². The van der Waals surface area contributed by atoms with Gasteiger partial charge in [-0.05, 0) is 57.0 Å². The summed E-state index contributed by atoms with van der Waals surface area (Å²) in [4.78, 5) is 10.8. The topological polar surface area (TPSA) is 26.3 Å². The summed E-state index contributed by atoms with van der Waals surface area (Å²) in [6.07, 6.45) is 9.99. The second-order valence-electron chi connectivity index (χ2n) is 6.70. The maximum absolute atomic E-state index is 10.8. The average Bonchev–Trinajstić information content (AvgIpc) is 2.54. The van der Waals surface area contributed by atoms with Crippen molar-refractivity contribution in [3.8, 4) is 0 Å². The Kier molecular flexibility index (Phi) is 5.31. The molecule has 0 saturated heterocycles. The lowest BCUT2D eigenvalue weighted by Gasteiger charge is -2.32. The predicted octanol–water partition coefficient (Wildman–Crippen LogP) is 6.08. The molecule has 132 valence electrons. The van der Waals surface area contributed by atoms with Crippen LogP contribution < -0.4 is 0 Å². The minimum Gasteiger partial charge on any atom is -0.462 e. The van der Waals surface area contributed by atoms with Gasteiger partial charge in [0, 0.05) is 13.8 Å². The lowest BCUT2D eigenvalue weighted by atomic mass is 9.72. The third kappa shape index (κ3) is 7.16. The molecule has 1 aliphatic carbocycles. The Morgan fingerprint density at radius 2 is 2.04 bits per heavy atom. The number of rotatable bonds is 6. The van der Waals surface area contributed by atoms with E-state index in [-0.39, 0.29) is 24.6 Å². The van der Waals surface area contributed by atoms with Crippen molar-refractivity contribution < 1.29 is 16.4 Å². The highest BCUT2D eigenvalue weighted by Crippen LogP contribution is 2.40. The van der Waals surface area contributed by atoms with Crippen LogP contribution >= 0.6 is 0 Å². The van der Waals surface area contributed by atoms with Gasteiger partial charge in [-0.2, -0.15) is 0 Å². The molecule has 2 heteroatoms. The molecule has 0 heterocycles. The molecule has 1 aliphatic rings. The van der Waals surface area contributed by atoms with Crippen molar-refractivity contribution in [2.24, 2.45) is 5.41 Å². The Morgan fingerprint density at radius 3 is 2.71 bits per heavy atom. The number of allylic oxidation sites excluding steroid dienone is 9. The van der Waals surface area contributed by atoms with Crippen LogP contribution in [0.5, 0.6) is 0 Å². The van der Waals surface area contributed by atoms with E-state index in [2.05, 4.69) is 0 Å². The van der Waals surface area contributed by atoms with Gasteiger partial charge in [0.1, 0.15) is 6.61 Å². The zero-order valence-electron chi connectivity index (χ0n) is 20.4. The number of hydrogen-bond donors (Lipinski definition) is 0. The van der Waals surface area contributed by atoms with Crippen LogP contribution in [0, 0.1) is 5.41 Å². The van der Waals surface area contributed by atoms with E-state index in [1.54, 1.807) is 12.2 Å². The zero-order chi connectivity index (χ0) is 22.5. The van der Waals surface area contributed by atoms with Gasteiger partial charge in [0.2, 0.25) is 0 Å². The van der Waals surface area contributed by atoms with Gasteiger partial charge in [-0.1, -0.05) is 60.9 Å². The highest BCUT2D eigenvalue weighted by atomic mass is 16.5. The smallest absolute Gasteiger partial charge is 0.302 e. The normalized spacial score (nSPS) is 25.1. The maximum Gasteiger partial charge on any atom is 0.302 e. The first-order valence-corrected chi connectivity index (χ1v) is 8.26. The lowest BCUT2D eigenvalue weighted by molar-refractivity contribution is -0.139. The highest BCUT2D eigenvalue weighted by Gasteiger charge is 2.26. The summed E-state index contributed by atoms with van der Waals surface area (Å²) in [7, 11) is 0. The van der Waals surface area contributed by atoms with Gasteiger partial charge in [-0.25, -0.2) is 0 Å². The summed E-state index contributed by atoms with van der Waals surface area (Å²) >= 11 is 0. The SMILES string of the molecule is [2H]C([2H])([2H])C1=C(/C=C/C(C)=C\C=C\C(C)=C/COC(C)=O)C(C)(C)CCC1([2H])[2H]. The first kappa shape index (κ1) is 13.5. The van der Waals surface area contributed by atoms with E-state index in [1.807, 2.05) is 52.0 Å². The van der Waals surface area contributed by atoms with Crippen LogP contribution in [-0.2, 0) is 9.53 Å². The molecule has 0 N–H and O–H groups in total. The van der Waals surface area contributed by atoms with Crippen molar-refractivity contribution in [3.05, 3.63) is 58.7 Å². The van der Waals surface area contributed by atoms with Crippen LogP contribution in [0.25, 0.3) is 0 Å². The quantitative estimate of drug-likeness (QED) is 0.435. The van der Waals surface area contributed by atoms with Crippen LogP contribution in [-0.4, -0.2) is 12.6 Å². The van der Waals surface area contributed by atoms with Crippen molar-refractivity contribution in [1.82, 2.24) is 0 Å². The second-order valence-corrected chi connectivity index (χ2v) is 6.70. The van der Waals surface area contributed by atoms with Crippen LogP contribution in [0.4, 0.5) is 0 Å². The molecule has 0 unspecified atom stereocenters. The first-order valence-electron chi connectivity index (χ1n) is 10.8. The van der Waals surface area contributed by atoms with Crippen molar-refractivity contribution in [1.29, 1.82) is 0 Å². The fourth-order valence-electron chi connectivity index (χ4n) is 2.36. The average molecular weight is 334 g/mol. The van der Waals surface area contributed by atoms with Gasteiger partial charge in [0.15, 0.2) is 0 Å². The molecule has 0 aliphatic heterocycles. The molecule has 24 heavy (non-hydrogen) atoms. The third-order valence-corrected chi connectivity index (χ3v) is 3.97. The van der Waals surface area contributed by atoms with E-state index >= 15 is 0 Å². The number of hydrogen-bond acceptors (Lipinski definition) is 2. The fourth-order valence-corrected chi connectivity index (χ4v) is 2.36. The molecule has 0 aromatic heterocycles. The number of carbonyl (C=O) groups excluding carboxylic acids is 1. The van der Waals surface area contributed by atoms with Gasteiger partial charge >= 0.3 is 5.97 Å². The van der Waals surface area contributed by atoms with Crippen molar-refractivity contribution in [2.75, 3.05) is 6.61 Å². The molecular formula is C22H32O2. The van der Waals surface area contributed by atoms with Crippen LogP contribution in [0.3, 0.4) is 0 Å². The molecule has 0 bridgehead atoms. The molecule has 0 aromatic carbocycles. The number of ether oxygens (including phenoxy) is 1. The summed E-state index contributed by atoms with van der Waals surface area (Å²) in [6, 6.07) is 0. The Bertz CT molecular complexity index is 763. The second kappa shape index (κ2) is 9.46. The largest absolute Gasteiger partial charge is 0.462 e. The molecule has 0 radical (unpaired) electrons. The van der Waals surface area contributed by atoms with Crippen LogP contribution in [0.15, 0.2) is 58.7 Å². The van der Waals surface area contributed by atoms with Crippen molar-refractivity contribution >= 4 is 5.97 Å². The molecule has 0 fully saturated rings. The summed E-state index contributed by atoms with van der Waals surface area (Å²) < 4.78 is 44.9. The van der Waals surface area contributed by atoms with Crippen LogP contribution in [0.2, 0.25) is 0 Å². The van der Waals surface area contributed by atoms with E-state index in [4.69, 9.17) is 11.6 Å². The summed E-state index contributed by atoms with van der Waals surface area (Å²) in [6.45, 7) is 6.86. The molecule has 0 saturated carbocycles. The molecule has 2 nitrogen and oxygen atoms in total. The molecule has 0 spiro atoms. The number of esters is 1. The maximum atomic E-state index is 10.8. The Morgan fingerprint density at radius 1 is 1.29 bits per heavy atom. The Hall–Kier alpha value is -1.83. The fraction of sp³-hybridized carbons (Fsp3) is 0.500. The van der Waals surface area contributed by atoms with Crippen molar-refractivity contribution in [3.63, 3.8) is 0 Å². The Labute approximate surface area is 154 Å². The summed E-state index contributed by atoms with van der Waals surface area (Å²) in [5, 5.41) is 0. The van der Waals surface area contributed by atoms with Gasteiger partial charge in [0.25, 0.3) is 0 Å². The summed E-state index contributed by atoms with van der Waals surface area (Å²) in [5.74, 6) is -0.320. The van der Waals surface area contributed by atoms with E-state index in [1.165, 1.54) is 6.92 Å².